The topological polar surface area (TPSA) is 68.9 Å². The number of fused-ring (bicyclic) bond motifs is 18. The van der Waals surface area contributed by atoms with Crippen molar-refractivity contribution in [2.75, 3.05) is 9.80 Å². The van der Waals surface area contributed by atoms with Crippen molar-refractivity contribution < 1.29 is 17.7 Å². The third-order valence-electron chi connectivity index (χ3n) is 31.7. The van der Waals surface area contributed by atoms with E-state index in [-0.39, 0.29) is 5.41 Å². The average molecular weight is 1780 g/mol. The summed E-state index contributed by atoms with van der Waals surface area (Å²) in [6, 6.07) is 139. The molecule has 0 saturated carbocycles. The van der Waals surface area contributed by atoms with Crippen LogP contribution in [0, 0.1) is 0 Å². The van der Waals surface area contributed by atoms with Crippen LogP contribution >= 0.6 is 0 Å². The number of aromatic nitrogens is 2. The molecular formula is C130H87BN4O4. The molecule has 2 aliphatic rings. The quantitative estimate of drug-likeness (QED) is 0.0858. The van der Waals surface area contributed by atoms with Gasteiger partial charge >= 0.3 is 0 Å². The molecule has 139 heavy (non-hydrogen) atoms. The van der Waals surface area contributed by atoms with Crippen LogP contribution in [0.1, 0.15) is 79.0 Å². The minimum atomic E-state index is -0.507. The van der Waals surface area contributed by atoms with E-state index < -0.39 is 17.5 Å². The fourth-order valence-corrected chi connectivity index (χ4v) is 25.5. The number of para-hydroxylation sites is 5. The van der Waals surface area contributed by atoms with Crippen molar-refractivity contribution in [2.45, 2.75) is 78.6 Å². The van der Waals surface area contributed by atoms with Crippen LogP contribution in [-0.2, 0) is 16.2 Å². The molecule has 9 heteroatoms. The maximum absolute atomic E-state index is 7.53. The Morgan fingerprint density at radius 2 is 0.504 bits per heavy atom. The van der Waals surface area contributed by atoms with Gasteiger partial charge in [0.1, 0.15) is 44.7 Å². The summed E-state index contributed by atoms with van der Waals surface area (Å²) in [7, 11) is 0. The Labute approximate surface area is 799 Å². The van der Waals surface area contributed by atoms with Gasteiger partial charge in [0, 0.05) is 127 Å². The van der Waals surface area contributed by atoms with Crippen molar-refractivity contribution in [2.24, 2.45) is 0 Å². The second kappa shape index (κ2) is 27.1. The van der Waals surface area contributed by atoms with Crippen LogP contribution < -0.4 is 26.2 Å². The predicted octanol–water partition coefficient (Wildman–Crippen LogP) is 34.8. The predicted molar refractivity (Wildman–Crippen MR) is 586 cm³/mol. The van der Waals surface area contributed by atoms with E-state index in [1.54, 1.807) is 0 Å². The van der Waals surface area contributed by atoms with Gasteiger partial charge in [-0.05, 0) is 258 Å². The summed E-state index contributed by atoms with van der Waals surface area (Å²) in [5.41, 5.74) is 33.6. The first-order valence-electron chi connectivity index (χ1n) is 48.8. The Balaban J connectivity index is 0.796. The molecule has 0 saturated heterocycles. The minimum absolute atomic E-state index is 0.387. The molecule has 654 valence electrons. The Morgan fingerprint density at radius 1 is 0.209 bits per heavy atom. The number of hydrogen-bond donors (Lipinski definition) is 0. The third-order valence-corrected chi connectivity index (χ3v) is 31.7. The lowest BCUT2D eigenvalue weighted by Gasteiger charge is -2.47. The molecule has 0 aliphatic carbocycles. The van der Waals surface area contributed by atoms with E-state index in [0.717, 1.165) is 222 Å². The van der Waals surface area contributed by atoms with Gasteiger partial charge in [-0.3, -0.25) is 0 Å². The fourth-order valence-electron chi connectivity index (χ4n) is 25.5. The second-order valence-electron chi connectivity index (χ2n) is 42.3. The summed E-state index contributed by atoms with van der Waals surface area (Å²) in [5.74, 6) is 0. The van der Waals surface area contributed by atoms with Gasteiger partial charge in [-0.1, -0.05) is 299 Å². The number of benzene rings is 23. The van der Waals surface area contributed by atoms with Gasteiger partial charge in [-0.15, -0.1) is 0 Å². The monoisotopic (exact) mass is 1780 g/mol. The van der Waals surface area contributed by atoms with E-state index in [0.29, 0.717) is 0 Å². The van der Waals surface area contributed by atoms with Crippen molar-refractivity contribution in [1.29, 1.82) is 0 Å². The zero-order valence-corrected chi connectivity index (χ0v) is 78.1. The van der Waals surface area contributed by atoms with Crippen LogP contribution in [0.2, 0.25) is 0 Å². The van der Waals surface area contributed by atoms with Gasteiger partial charge in [0.25, 0.3) is 6.71 Å². The van der Waals surface area contributed by atoms with Crippen LogP contribution in [0.3, 0.4) is 0 Å². The van der Waals surface area contributed by atoms with Crippen molar-refractivity contribution in [3.8, 4) is 55.9 Å². The van der Waals surface area contributed by atoms with Gasteiger partial charge in [-0.2, -0.15) is 0 Å². The largest absolute Gasteiger partial charge is 0.456 e. The standard InChI is InChI=1S/C130H87BN4O4/c1-128(2,3)74-62-92(84-38-23-47-110-117(84)89-31-11-15-44-107(89)136-110)125(93(63-74)85-39-24-48-111-118(85)90-32-12-16-45-108(90)137-111)134-102-68-77(132-98-58-50-70-26-18-34-80-81-35-19-27-71-51-59-99(132)121(114(71)81)120(98)113(70)80)54-56-96(102)131-97-57-55-78(133-100-60-52-72-28-20-36-82-83-37-21-29-73-53-61-101(133)123(116(73)83)122(100)115(72)82)69-103(97)135(105-67-76(130(7,8)9)66-104(134)124(105)131)126-94(86-40-25-49-112-119(86)91-33-13-17-46-109(91)138-112)64-75(129(4,5)6)65-95(126)88-42-22-41-87-79-30-10-14-43-106(79)139-127(87)88/h10-69H,1-9H3. The van der Waals surface area contributed by atoms with Gasteiger partial charge in [-0.25, -0.2) is 0 Å². The zero-order chi connectivity index (χ0) is 92.1. The maximum Gasteiger partial charge on any atom is 0.252 e. The van der Waals surface area contributed by atoms with E-state index in [1.165, 1.54) is 97.3 Å². The highest BCUT2D eigenvalue weighted by Gasteiger charge is 2.48. The molecule has 0 N–H and O–H groups in total. The number of nitrogens with zero attached hydrogens (tertiary/aromatic N) is 4. The van der Waals surface area contributed by atoms with Gasteiger partial charge < -0.3 is 36.6 Å². The summed E-state index contributed by atoms with van der Waals surface area (Å²) < 4.78 is 34.2. The van der Waals surface area contributed by atoms with E-state index >= 15 is 0 Å². The molecule has 0 bridgehead atoms. The number of anilines is 6. The van der Waals surface area contributed by atoms with Crippen LogP contribution in [-0.4, -0.2) is 15.8 Å². The summed E-state index contributed by atoms with van der Waals surface area (Å²) in [5, 5.41) is 28.6. The Hall–Kier alpha value is -16.9. The molecule has 31 rings (SSSR count). The summed E-state index contributed by atoms with van der Waals surface area (Å²) in [6.45, 7) is 21.1. The van der Waals surface area contributed by atoms with Crippen LogP contribution in [0.4, 0.5) is 34.1 Å². The highest BCUT2D eigenvalue weighted by atomic mass is 16.3. The molecule has 29 aromatic rings. The Morgan fingerprint density at radius 3 is 0.871 bits per heavy atom. The molecule has 0 fully saturated rings. The molecule has 6 aromatic heterocycles. The molecule has 0 radical (unpaired) electrons. The van der Waals surface area contributed by atoms with Crippen LogP contribution in [0.25, 0.3) is 252 Å². The molecule has 0 amide bonds. The lowest BCUT2D eigenvalue weighted by molar-refractivity contribution is 0.590. The fraction of sp³-hybridized carbons (Fsp3) is 0.0923. The van der Waals surface area contributed by atoms with Crippen molar-refractivity contribution in [1.82, 2.24) is 9.13 Å². The van der Waals surface area contributed by atoms with E-state index in [4.69, 9.17) is 17.7 Å². The summed E-state index contributed by atoms with van der Waals surface area (Å²) >= 11 is 0. The normalized spacial score (nSPS) is 13.5. The smallest absolute Gasteiger partial charge is 0.252 e. The average Bonchev–Trinajstić information content (AvgIpc) is 1.67. The highest BCUT2D eigenvalue weighted by molar-refractivity contribution is 7.00. The first kappa shape index (κ1) is 77.4. The highest BCUT2D eigenvalue weighted by Crippen LogP contribution is 2.61. The number of rotatable bonds is 8. The van der Waals surface area contributed by atoms with Crippen molar-refractivity contribution in [3.63, 3.8) is 0 Å². The van der Waals surface area contributed by atoms with Crippen molar-refractivity contribution >= 4 is 253 Å². The van der Waals surface area contributed by atoms with Gasteiger partial charge in [0.05, 0.1) is 33.4 Å². The third kappa shape index (κ3) is 10.4. The summed E-state index contributed by atoms with van der Waals surface area (Å²) in [4.78, 5) is 5.55. The molecule has 8 nitrogen and oxygen atoms in total. The molecule has 2 aliphatic heterocycles. The molecule has 0 spiro atoms. The number of furan rings is 4. The lowest BCUT2D eigenvalue weighted by atomic mass is 9.33. The maximum atomic E-state index is 7.53. The van der Waals surface area contributed by atoms with Crippen LogP contribution in [0.15, 0.2) is 382 Å². The molecule has 8 heterocycles. The minimum Gasteiger partial charge on any atom is -0.456 e. The summed E-state index contributed by atoms with van der Waals surface area (Å²) in [6.07, 6.45) is 0. The van der Waals surface area contributed by atoms with Gasteiger partial charge in [0.2, 0.25) is 0 Å². The Bertz CT molecular complexity index is 10100. The van der Waals surface area contributed by atoms with Crippen molar-refractivity contribution in [3.05, 3.63) is 381 Å². The van der Waals surface area contributed by atoms with E-state index in [9.17, 15) is 0 Å². The molecule has 23 aromatic carbocycles. The second-order valence-corrected chi connectivity index (χ2v) is 42.3. The first-order valence-corrected chi connectivity index (χ1v) is 48.8. The van der Waals surface area contributed by atoms with Gasteiger partial charge in [0.15, 0.2) is 0 Å². The SMILES string of the molecule is CC(C)(C)c1cc(-c2cccc3c2oc2ccccc23)c(N2c3cc(-n4c5ccc6cccc7c8cccc9ccc4c(c98)c5c67)ccc3B3c4ccc(-n5c6ccc7cccc8c9cccc%10ccc5c(c%109)c6c78)cc4N(c4c(-c5cccc6oc7ccccc7c56)cc(C(C)(C)C)cc4-c4cccc5oc6ccccc6c45)c4cc(C(C)(C)C)cc2c43)c(-c2cccc3oc4ccccc4c23)c1. The lowest BCUT2D eigenvalue weighted by Crippen LogP contribution is -2.61. The first-order chi connectivity index (χ1) is 67.9. The Kier molecular flexibility index (Phi) is 15.1. The van der Waals surface area contributed by atoms with E-state index in [1.807, 2.05) is 0 Å². The number of hydrogen-bond acceptors (Lipinski definition) is 6. The van der Waals surface area contributed by atoms with Crippen LogP contribution in [0.5, 0.6) is 0 Å². The van der Waals surface area contributed by atoms with E-state index in [2.05, 4.69) is 445 Å². The zero-order valence-electron chi connectivity index (χ0n) is 78.1. The molecular weight excluding hydrogens is 1690 g/mol. The molecule has 0 unspecified atom stereocenters. The molecule has 0 atom stereocenters.